The van der Waals surface area contributed by atoms with Crippen molar-refractivity contribution in [2.24, 2.45) is 0 Å². The maximum Gasteiger partial charge on any atom is 0.224 e. The van der Waals surface area contributed by atoms with E-state index in [1.165, 1.54) is 44.2 Å². The zero-order valence-corrected chi connectivity index (χ0v) is 15.9. The lowest BCUT2D eigenvalue weighted by Gasteiger charge is -2.30. The molecule has 1 aliphatic carbocycles. The van der Waals surface area contributed by atoms with E-state index in [0.717, 1.165) is 43.8 Å². The zero-order valence-electron chi connectivity index (χ0n) is 15.9. The summed E-state index contributed by atoms with van der Waals surface area (Å²) in [6.07, 6.45) is 9.52. The van der Waals surface area contributed by atoms with E-state index in [2.05, 4.69) is 44.8 Å². The number of hydrogen-bond acceptors (Lipinski definition) is 6. The minimum atomic E-state index is 0.489. The fourth-order valence-corrected chi connectivity index (χ4v) is 3.90. The highest BCUT2D eigenvalue weighted by atomic mass is 16.5. The fourth-order valence-electron chi connectivity index (χ4n) is 3.90. The molecule has 0 atom stereocenters. The summed E-state index contributed by atoms with van der Waals surface area (Å²) in [5.41, 5.74) is 2.26. The van der Waals surface area contributed by atoms with Crippen molar-refractivity contribution in [2.45, 2.75) is 44.6 Å². The Morgan fingerprint density at radius 3 is 2.56 bits per heavy atom. The van der Waals surface area contributed by atoms with Gasteiger partial charge in [-0.1, -0.05) is 37.8 Å². The van der Waals surface area contributed by atoms with Gasteiger partial charge in [0.15, 0.2) is 0 Å². The van der Waals surface area contributed by atoms with E-state index in [0.29, 0.717) is 6.04 Å². The number of anilines is 4. The van der Waals surface area contributed by atoms with Gasteiger partial charge in [0.05, 0.1) is 24.6 Å². The summed E-state index contributed by atoms with van der Waals surface area (Å²) in [4.78, 5) is 11.5. The Morgan fingerprint density at radius 1 is 0.963 bits per heavy atom. The molecule has 144 valence electrons. The Balaban J connectivity index is 1.47. The van der Waals surface area contributed by atoms with Gasteiger partial charge >= 0.3 is 0 Å². The van der Waals surface area contributed by atoms with Crippen molar-refractivity contribution in [3.8, 4) is 0 Å². The molecule has 1 aromatic heterocycles. The van der Waals surface area contributed by atoms with Crippen LogP contribution in [0.15, 0.2) is 36.5 Å². The fraction of sp³-hybridized carbons (Fsp3) is 0.524. The molecule has 2 N–H and O–H groups in total. The molecule has 2 aliphatic rings. The second-order valence-electron chi connectivity index (χ2n) is 7.34. The lowest BCUT2D eigenvalue weighted by atomic mass is 10.1. The number of benzene rings is 1. The molecule has 0 unspecified atom stereocenters. The summed E-state index contributed by atoms with van der Waals surface area (Å²) in [6, 6.07) is 10.8. The van der Waals surface area contributed by atoms with Crippen molar-refractivity contribution >= 4 is 23.1 Å². The third-order valence-corrected chi connectivity index (χ3v) is 5.36. The Bertz CT molecular complexity index is 724. The van der Waals surface area contributed by atoms with Crippen LogP contribution in [-0.4, -0.2) is 42.3 Å². The van der Waals surface area contributed by atoms with Gasteiger partial charge in [-0.3, -0.25) is 0 Å². The van der Waals surface area contributed by atoms with Gasteiger partial charge in [0.1, 0.15) is 5.82 Å². The second kappa shape index (κ2) is 9.04. The molecule has 6 heteroatoms. The van der Waals surface area contributed by atoms with Gasteiger partial charge in [0.2, 0.25) is 5.95 Å². The molecular formula is C21H29N5O. The van der Waals surface area contributed by atoms with Crippen LogP contribution in [-0.2, 0) is 4.74 Å². The van der Waals surface area contributed by atoms with Crippen LogP contribution in [0.25, 0.3) is 0 Å². The van der Waals surface area contributed by atoms with Crippen molar-refractivity contribution in [3.05, 3.63) is 36.5 Å². The standard InChI is InChI=1S/C21H29N5O/c1-2-4-8-17(7-3-1)23-21-22-12-11-20(25-21)24-18-9-5-6-10-19(18)26-13-15-27-16-14-26/h5-6,9-12,17H,1-4,7-8,13-16H2,(H2,22,23,24,25). The number of ether oxygens (including phenoxy) is 1. The predicted octanol–water partition coefficient (Wildman–Crippen LogP) is 4.19. The molecule has 0 spiro atoms. The van der Waals surface area contributed by atoms with Crippen LogP contribution in [0.4, 0.5) is 23.1 Å². The highest BCUT2D eigenvalue weighted by Crippen LogP contribution is 2.29. The van der Waals surface area contributed by atoms with Crippen molar-refractivity contribution in [1.82, 2.24) is 9.97 Å². The van der Waals surface area contributed by atoms with Gasteiger partial charge in [-0.05, 0) is 31.0 Å². The summed E-state index contributed by atoms with van der Waals surface area (Å²) in [6.45, 7) is 3.38. The number of hydrogen-bond donors (Lipinski definition) is 2. The smallest absolute Gasteiger partial charge is 0.224 e. The molecule has 1 aliphatic heterocycles. The van der Waals surface area contributed by atoms with E-state index in [4.69, 9.17) is 9.72 Å². The largest absolute Gasteiger partial charge is 0.378 e. The maximum atomic E-state index is 5.49. The first-order chi connectivity index (χ1) is 13.4. The maximum absolute atomic E-state index is 5.49. The molecule has 4 rings (SSSR count). The predicted molar refractivity (Wildman–Crippen MR) is 110 cm³/mol. The van der Waals surface area contributed by atoms with Crippen LogP contribution in [0.5, 0.6) is 0 Å². The molecule has 0 radical (unpaired) electrons. The Labute approximate surface area is 161 Å². The van der Waals surface area contributed by atoms with E-state index < -0.39 is 0 Å². The lowest BCUT2D eigenvalue weighted by Crippen LogP contribution is -2.36. The van der Waals surface area contributed by atoms with Crippen molar-refractivity contribution in [2.75, 3.05) is 41.8 Å². The SMILES string of the molecule is c1ccc(N2CCOCC2)c(Nc2ccnc(NC3CCCCCC3)n2)c1. The number of rotatable bonds is 5. The first kappa shape index (κ1) is 18.0. The molecule has 0 amide bonds. The first-order valence-electron chi connectivity index (χ1n) is 10.2. The zero-order chi connectivity index (χ0) is 18.3. The number of morpholine rings is 1. The van der Waals surface area contributed by atoms with E-state index in [9.17, 15) is 0 Å². The Kier molecular flexibility index (Phi) is 6.04. The molecule has 6 nitrogen and oxygen atoms in total. The highest BCUT2D eigenvalue weighted by molar-refractivity contribution is 5.74. The highest BCUT2D eigenvalue weighted by Gasteiger charge is 2.16. The second-order valence-corrected chi connectivity index (χ2v) is 7.34. The third kappa shape index (κ3) is 4.89. The lowest BCUT2D eigenvalue weighted by molar-refractivity contribution is 0.123. The van der Waals surface area contributed by atoms with E-state index >= 15 is 0 Å². The normalized spacial score (nSPS) is 18.7. The van der Waals surface area contributed by atoms with Gasteiger partial charge in [-0.25, -0.2) is 4.98 Å². The van der Waals surface area contributed by atoms with E-state index in [1.807, 2.05) is 12.3 Å². The van der Waals surface area contributed by atoms with Crippen LogP contribution in [0.1, 0.15) is 38.5 Å². The number of nitrogens with zero attached hydrogens (tertiary/aromatic N) is 3. The average Bonchev–Trinajstić information content (AvgIpc) is 2.98. The minimum absolute atomic E-state index is 0.489. The van der Waals surface area contributed by atoms with Gasteiger partial charge in [0.25, 0.3) is 0 Å². The average molecular weight is 367 g/mol. The van der Waals surface area contributed by atoms with Gasteiger partial charge < -0.3 is 20.3 Å². The van der Waals surface area contributed by atoms with Crippen LogP contribution in [0.3, 0.4) is 0 Å². The third-order valence-electron chi connectivity index (χ3n) is 5.36. The van der Waals surface area contributed by atoms with Crippen LogP contribution in [0.2, 0.25) is 0 Å². The van der Waals surface area contributed by atoms with Crippen LogP contribution < -0.4 is 15.5 Å². The Hall–Kier alpha value is -2.34. The van der Waals surface area contributed by atoms with Crippen molar-refractivity contribution in [3.63, 3.8) is 0 Å². The van der Waals surface area contributed by atoms with Crippen molar-refractivity contribution in [1.29, 1.82) is 0 Å². The first-order valence-corrected chi connectivity index (χ1v) is 10.2. The van der Waals surface area contributed by atoms with Gasteiger partial charge in [-0.15, -0.1) is 0 Å². The molecule has 2 fully saturated rings. The van der Waals surface area contributed by atoms with E-state index in [1.54, 1.807) is 0 Å². The van der Waals surface area contributed by atoms with E-state index in [-0.39, 0.29) is 0 Å². The molecule has 1 aromatic carbocycles. The van der Waals surface area contributed by atoms with Gasteiger partial charge in [0, 0.05) is 25.3 Å². The summed E-state index contributed by atoms with van der Waals surface area (Å²) >= 11 is 0. The molecule has 1 saturated carbocycles. The summed E-state index contributed by atoms with van der Waals surface area (Å²) in [5, 5.41) is 7.02. The Morgan fingerprint density at radius 2 is 1.74 bits per heavy atom. The molecule has 1 saturated heterocycles. The monoisotopic (exact) mass is 367 g/mol. The number of aromatic nitrogens is 2. The summed E-state index contributed by atoms with van der Waals surface area (Å²) in [7, 11) is 0. The van der Waals surface area contributed by atoms with Crippen LogP contribution >= 0.6 is 0 Å². The molecular weight excluding hydrogens is 338 g/mol. The molecule has 27 heavy (non-hydrogen) atoms. The molecule has 2 heterocycles. The molecule has 0 bridgehead atoms. The van der Waals surface area contributed by atoms with Crippen LogP contribution in [0, 0.1) is 0 Å². The van der Waals surface area contributed by atoms with Crippen molar-refractivity contribution < 1.29 is 4.74 Å². The number of para-hydroxylation sites is 2. The summed E-state index contributed by atoms with van der Waals surface area (Å²) < 4.78 is 5.49. The summed E-state index contributed by atoms with van der Waals surface area (Å²) in [5.74, 6) is 1.54. The van der Waals surface area contributed by atoms with Gasteiger partial charge in [-0.2, -0.15) is 4.98 Å². The quantitative estimate of drug-likeness (QED) is 0.773. The topological polar surface area (TPSA) is 62.3 Å². The molecule has 2 aromatic rings. The minimum Gasteiger partial charge on any atom is -0.378 e. The number of nitrogens with one attached hydrogen (secondary N) is 2.